The SMILES string of the molecule is COc1cccc(NC(=O)c2oc3ccccc3c2NC(=O)c2cccs2)c1. The Morgan fingerprint density at radius 1 is 0.964 bits per heavy atom. The van der Waals surface area contributed by atoms with Crippen molar-refractivity contribution in [3.8, 4) is 5.75 Å². The van der Waals surface area contributed by atoms with Gasteiger partial charge < -0.3 is 19.8 Å². The molecule has 0 fully saturated rings. The number of ether oxygens (including phenoxy) is 1. The van der Waals surface area contributed by atoms with Crippen LogP contribution in [0.25, 0.3) is 11.0 Å². The smallest absolute Gasteiger partial charge is 0.293 e. The van der Waals surface area contributed by atoms with Crippen molar-refractivity contribution in [2.75, 3.05) is 17.7 Å². The summed E-state index contributed by atoms with van der Waals surface area (Å²) < 4.78 is 10.9. The molecule has 0 aliphatic heterocycles. The molecule has 7 heteroatoms. The molecule has 0 saturated heterocycles. The number of methoxy groups -OCH3 is 1. The minimum absolute atomic E-state index is 0.0360. The van der Waals surface area contributed by atoms with E-state index in [0.717, 1.165) is 0 Å². The lowest BCUT2D eigenvalue weighted by atomic mass is 10.2. The zero-order valence-electron chi connectivity index (χ0n) is 14.9. The summed E-state index contributed by atoms with van der Waals surface area (Å²) in [5.41, 5.74) is 1.41. The van der Waals surface area contributed by atoms with E-state index in [2.05, 4.69) is 10.6 Å². The minimum Gasteiger partial charge on any atom is -0.497 e. The van der Waals surface area contributed by atoms with Crippen LogP contribution in [-0.2, 0) is 0 Å². The molecule has 4 rings (SSSR count). The van der Waals surface area contributed by atoms with Crippen molar-refractivity contribution in [1.82, 2.24) is 0 Å². The molecule has 2 aromatic carbocycles. The number of carbonyl (C=O) groups excluding carboxylic acids is 2. The standard InChI is InChI=1S/C21H16N2O4S/c1-26-14-7-4-6-13(12-14)22-21(25)19-18(15-8-2-3-9-16(15)27-19)23-20(24)17-10-5-11-28-17/h2-12H,1H3,(H,22,25)(H,23,24). The Balaban J connectivity index is 1.69. The van der Waals surface area contributed by atoms with E-state index in [1.165, 1.54) is 11.3 Å². The highest BCUT2D eigenvalue weighted by Crippen LogP contribution is 2.32. The second kappa shape index (κ2) is 7.58. The number of para-hydroxylation sites is 1. The zero-order valence-corrected chi connectivity index (χ0v) is 15.7. The lowest BCUT2D eigenvalue weighted by Gasteiger charge is -2.08. The molecule has 2 amide bonds. The van der Waals surface area contributed by atoms with Crippen molar-refractivity contribution in [2.45, 2.75) is 0 Å². The van der Waals surface area contributed by atoms with Gasteiger partial charge in [-0.25, -0.2) is 0 Å². The van der Waals surface area contributed by atoms with E-state index in [1.807, 2.05) is 11.4 Å². The van der Waals surface area contributed by atoms with Gasteiger partial charge in [-0.3, -0.25) is 9.59 Å². The fourth-order valence-corrected chi connectivity index (χ4v) is 3.42. The lowest BCUT2D eigenvalue weighted by Crippen LogP contribution is -2.16. The van der Waals surface area contributed by atoms with Gasteiger partial charge in [-0.1, -0.05) is 24.3 Å². The number of benzene rings is 2. The van der Waals surface area contributed by atoms with Gasteiger partial charge >= 0.3 is 0 Å². The molecule has 4 aromatic rings. The first-order valence-electron chi connectivity index (χ1n) is 8.47. The molecule has 0 bridgehead atoms. The second-order valence-electron chi connectivity index (χ2n) is 5.92. The van der Waals surface area contributed by atoms with Crippen LogP contribution in [-0.4, -0.2) is 18.9 Å². The summed E-state index contributed by atoms with van der Waals surface area (Å²) in [6, 6.07) is 17.7. The number of furan rings is 1. The van der Waals surface area contributed by atoms with E-state index in [1.54, 1.807) is 61.7 Å². The Morgan fingerprint density at radius 2 is 1.82 bits per heavy atom. The number of anilines is 2. The summed E-state index contributed by atoms with van der Waals surface area (Å²) in [5.74, 6) is -0.106. The molecular weight excluding hydrogens is 376 g/mol. The molecule has 2 heterocycles. The van der Waals surface area contributed by atoms with Gasteiger partial charge in [-0.15, -0.1) is 11.3 Å². The van der Waals surface area contributed by atoms with Gasteiger partial charge in [0.25, 0.3) is 11.8 Å². The van der Waals surface area contributed by atoms with Crippen molar-refractivity contribution >= 4 is 45.5 Å². The molecule has 2 N–H and O–H groups in total. The largest absolute Gasteiger partial charge is 0.497 e. The summed E-state index contributed by atoms with van der Waals surface area (Å²) in [6.45, 7) is 0. The van der Waals surface area contributed by atoms with Crippen molar-refractivity contribution in [3.05, 3.63) is 76.7 Å². The number of amides is 2. The highest BCUT2D eigenvalue weighted by Gasteiger charge is 2.23. The van der Waals surface area contributed by atoms with Crippen LogP contribution in [0.1, 0.15) is 20.2 Å². The van der Waals surface area contributed by atoms with Gasteiger partial charge in [0, 0.05) is 17.1 Å². The molecule has 0 saturated carbocycles. The third kappa shape index (κ3) is 3.47. The summed E-state index contributed by atoms with van der Waals surface area (Å²) in [5, 5.41) is 8.07. The quantitative estimate of drug-likeness (QED) is 0.500. The minimum atomic E-state index is -0.467. The molecule has 0 aliphatic rings. The van der Waals surface area contributed by atoms with E-state index < -0.39 is 5.91 Å². The molecule has 28 heavy (non-hydrogen) atoms. The van der Waals surface area contributed by atoms with Gasteiger partial charge in [-0.2, -0.15) is 0 Å². The lowest BCUT2D eigenvalue weighted by molar-refractivity contribution is 0.1000. The van der Waals surface area contributed by atoms with E-state index in [4.69, 9.17) is 9.15 Å². The zero-order chi connectivity index (χ0) is 19.5. The third-order valence-electron chi connectivity index (χ3n) is 4.11. The molecular formula is C21H16N2O4S. The van der Waals surface area contributed by atoms with Gasteiger partial charge in [0.2, 0.25) is 5.76 Å². The first-order chi connectivity index (χ1) is 13.7. The highest BCUT2D eigenvalue weighted by atomic mass is 32.1. The number of carbonyl (C=O) groups is 2. The number of thiophene rings is 1. The fourth-order valence-electron chi connectivity index (χ4n) is 2.80. The summed E-state index contributed by atoms with van der Waals surface area (Å²) in [4.78, 5) is 26.0. The Kier molecular flexibility index (Phi) is 4.82. The predicted molar refractivity (Wildman–Crippen MR) is 109 cm³/mol. The number of hydrogen-bond acceptors (Lipinski definition) is 5. The molecule has 0 aliphatic carbocycles. The monoisotopic (exact) mass is 392 g/mol. The normalized spacial score (nSPS) is 10.6. The first-order valence-corrected chi connectivity index (χ1v) is 9.35. The molecule has 0 atom stereocenters. The van der Waals surface area contributed by atoms with Crippen LogP contribution in [0.4, 0.5) is 11.4 Å². The predicted octanol–water partition coefficient (Wildman–Crippen LogP) is 5.01. The summed E-state index contributed by atoms with van der Waals surface area (Å²) in [7, 11) is 1.55. The highest BCUT2D eigenvalue weighted by molar-refractivity contribution is 7.12. The summed E-state index contributed by atoms with van der Waals surface area (Å²) >= 11 is 1.32. The van der Waals surface area contributed by atoms with Crippen LogP contribution < -0.4 is 15.4 Å². The molecule has 0 unspecified atom stereocenters. The van der Waals surface area contributed by atoms with Gasteiger partial charge in [0.1, 0.15) is 17.0 Å². The van der Waals surface area contributed by atoms with Crippen LogP contribution in [0.15, 0.2) is 70.5 Å². The average molecular weight is 392 g/mol. The molecule has 6 nitrogen and oxygen atoms in total. The van der Waals surface area contributed by atoms with Crippen LogP contribution >= 0.6 is 11.3 Å². The maximum absolute atomic E-state index is 12.9. The number of rotatable bonds is 5. The van der Waals surface area contributed by atoms with E-state index in [9.17, 15) is 9.59 Å². The van der Waals surface area contributed by atoms with Gasteiger partial charge in [0.05, 0.1) is 12.0 Å². The van der Waals surface area contributed by atoms with E-state index in [-0.39, 0.29) is 11.7 Å². The Hall–Kier alpha value is -3.58. The van der Waals surface area contributed by atoms with Crippen molar-refractivity contribution in [1.29, 1.82) is 0 Å². The van der Waals surface area contributed by atoms with Crippen molar-refractivity contribution < 1.29 is 18.7 Å². The Labute approximate surface area is 164 Å². The second-order valence-corrected chi connectivity index (χ2v) is 6.87. The Morgan fingerprint density at radius 3 is 2.61 bits per heavy atom. The van der Waals surface area contributed by atoms with Crippen LogP contribution in [0, 0.1) is 0 Å². The number of hydrogen-bond donors (Lipinski definition) is 2. The third-order valence-corrected chi connectivity index (χ3v) is 4.98. The maximum atomic E-state index is 12.9. The number of fused-ring (bicyclic) bond motifs is 1. The molecule has 140 valence electrons. The van der Waals surface area contributed by atoms with E-state index in [0.29, 0.717) is 33.0 Å². The first kappa shape index (κ1) is 17.8. The van der Waals surface area contributed by atoms with E-state index >= 15 is 0 Å². The molecule has 0 radical (unpaired) electrons. The van der Waals surface area contributed by atoms with Crippen LogP contribution in [0.3, 0.4) is 0 Å². The topological polar surface area (TPSA) is 80.6 Å². The van der Waals surface area contributed by atoms with Gasteiger partial charge in [-0.05, 0) is 35.7 Å². The fraction of sp³-hybridized carbons (Fsp3) is 0.0476. The van der Waals surface area contributed by atoms with Crippen LogP contribution in [0.2, 0.25) is 0 Å². The molecule has 2 aromatic heterocycles. The average Bonchev–Trinajstić information content (AvgIpc) is 3.37. The molecule has 0 spiro atoms. The summed E-state index contributed by atoms with van der Waals surface area (Å²) in [6.07, 6.45) is 0. The van der Waals surface area contributed by atoms with Crippen LogP contribution in [0.5, 0.6) is 5.75 Å². The van der Waals surface area contributed by atoms with Gasteiger partial charge in [0.15, 0.2) is 0 Å². The number of nitrogens with one attached hydrogen (secondary N) is 2. The van der Waals surface area contributed by atoms with Crippen molar-refractivity contribution in [3.63, 3.8) is 0 Å². The maximum Gasteiger partial charge on any atom is 0.293 e. The Bertz CT molecular complexity index is 1150. The van der Waals surface area contributed by atoms with Crippen molar-refractivity contribution in [2.24, 2.45) is 0 Å².